The SMILES string of the molecule is COC(=O)CCC(=O)OC[C@H]1O[C@@H](Oc2cc3c(O[C@@H]4O[C@H](CO)[C@@H](O)[C@H](O)[C@H]4O)cc(=O)cc-3oc2-c2ccc(O)c(O)c2)[C@H](O)[C@@H](O)[C@@H]1O. The first-order valence-electron chi connectivity index (χ1n) is 15.4. The fourth-order valence-corrected chi connectivity index (χ4v) is 5.33. The van der Waals surface area contributed by atoms with Crippen LogP contribution in [0.4, 0.5) is 0 Å². The van der Waals surface area contributed by atoms with Gasteiger partial charge in [-0.25, -0.2) is 0 Å². The van der Waals surface area contributed by atoms with Crippen LogP contribution < -0.4 is 14.9 Å². The summed E-state index contributed by atoms with van der Waals surface area (Å²) in [5.74, 6) is -3.63. The molecule has 2 fully saturated rings. The van der Waals surface area contributed by atoms with Gasteiger partial charge >= 0.3 is 11.9 Å². The molecule has 3 aliphatic heterocycles. The average molecular weight is 725 g/mol. The van der Waals surface area contributed by atoms with E-state index in [4.69, 9.17) is 28.1 Å². The second-order valence-electron chi connectivity index (χ2n) is 11.7. The summed E-state index contributed by atoms with van der Waals surface area (Å²) in [7, 11) is 1.14. The van der Waals surface area contributed by atoms with Gasteiger partial charge in [0, 0.05) is 17.7 Å². The molecule has 3 heterocycles. The maximum absolute atomic E-state index is 12.7. The molecule has 278 valence electrons. The number of hydrogen-bond acceptors (Lipinski definition) is 19. The van der Waals surface area contributed by atoms with Crippen LogP contribution in [0.15, 0.2) is 45.6 Å². The molecule has 9 N–H and O–H groups in total. The van der Waals surface area contributed by atoms with Crippen molar-refractivity contribution in [3.05, 3.63) is 46.6 Å². The van der Waals surface area contributed by atoms with E-state index in [9.17, 15) is 60.3 Å². The molecule has 1 aliphatic carbocycles. The number of hydrogen-bond donors (Lipinski definition) is 9. The third-order valence-corrected chi connectivity index (χ3v) is 8.20. The largest absolute Gasteiger partial charge is 0.504 e. The number of carbonyl (C=O) groups is 2. The smallest absolute Gasteiger partial charge is 0.306 e. The van der Waals surface area contributed by atoms with E-state index in [1.165, 1.54) is 12.1 Å². The predicted molar refractivity (Wildman–Crippen MR) is 164 cm³/mol. The topological polar surface area (TPSA) is 302 Å². The minimum atomic E-state index is -1.93. The van der Waals surface area contributed by atoms with Crippen LogP contribution in [0.5, 0.6) is 23.0 Å². The highest BCUT2D eigenvalue weighted by Crippen LogP contribution is 2.44. The van der Waals surface area contributed by atoms with E-state index in [-0.39, 0.29) is 47.0 Å². The normalized spacial score (nSPS) is 29.3. The molecule has 10 atom stereocenters. The van der Waals surface area contributed by atoms with Crippen molar-refractivity contribution in [3.8, 4) is 45.6 Å². The molecule has 19 heteroatoms. The molecule has 5 rings (SSSR count). The molecule has 1 aromatic rings. The van der Waals surface area contributed by atoms with Gasteiger partial charge in [0.2, 0.25) is 12.6 Å². The lowest BCUT2D eigenvalue weighted by atomic mass is 9.99. The quantitative estimate of drug-likeness (QED) is 0.0741. The van der Waals surface area contributed by atoms with Gasteiger partial charge in [0.25, 0.3) is 0 Å². The highest BCUT2D eigenvalue weighted by atomic mass is 16.7. The Labute approximate surface area is 287 Å². The maximum atomic E-state index is 12.7. The van der Waals surface area contributed by atoms with E-state index >= 15 is 0 Å². The van der Waals surface area contributed by atoms with E-state index in [1.807, 2.05) is 0 Å². The van der Waals surface area contributed by atoms with Gasteiger partial charge in [-0.05, 0) is 24.3 Å². The molecule has 0 radical (unpaired) electrons. The number of aliphatic hydroxyl groups is 7. The van der Waals surface area contributed by atoms with Crippen molar-refractivity contribution < 1.29 is 88.4 Å². The van der Waals surface area contributed by atoms with Gasteiger partial charge in [-0.2, -0.15) is 0 Å². The van der Waals surface area contributed by atoms with Crippen molar-refractivity contribution in [1.82, 2.24) is 0 Å². The fraction of sp³-hybridized carbons (Fsp3) is 0.469. The maximum Gasteiger partial charge on any atom is 0.306 e. The number of esters is 2. The molecule has 0 spiro atoms. The third kappa shape index (κ3) is 8.17. The molecule has 19 nitrogen and oxygen atoms in total. The van der Waals surface area contributed by atoms with Gasteiger partial charge in [-0.3, -0.25) is 14.4 Å². The molecule has 2 saturated heterocycles. The van der Waals surface area contributed by atoms with Crippen LogP contribution in [0.25, 0.3) is 22.6 Å². The average Bonchev–Trinajstić information content (AvgIpc) is 3.11. The Balaban J connectivity index is 1.50. The van der Waals surface area contributed by atoms with Crippen LogP contribution in [0, 0.1) is 0 Å². The van der Waals surface area contributed by atoms with Gasteiger partial charge in [-0.1, -0.05) is 0 Å². The Morgan fingerprint density at radius 2 is 1.33 bits per heavy atom. The number of rotatable bonds is 11. The highest BCUT2D eigenvalue weighted by molar-refractivity contribution is 5.78. The molecule has 4 aliphatic rings. The summed E-state index contributed by atoms with van der Waals surface area (Å²) >= 11 is 0. The molecule has 0 aromatic heterocycles. The summed E-state index contributed by atoms with van der Waals surface area (Å²) in [5, 5.41) is 92.6. The fourth-order valence-electron chi connectivity index (χ4n) is 5.33. The Morgan fingerprint density at radius 1 is 0.725 bits per heavy atom. The molecule has 0 unspecified atom stereocenters. The van der Waals surface area contributed by atoms with E-state index in [1.54, 1.807) is 0 Å². The van der Waals surface area contributed by atoms with E-state index in [0.29, 0.717) is 0 Å². The minimum Gasteiger partial charge on any atom is -0.504 e. The zero-order valence-electron chi connectivity index (χ0n) is 26.7. The number of methoxy groups -OCH3 is 1. The van der Waals surface area contributed by atoms with Crippen LogP contribution in [0.1, 0.15) is 12.8 Å². The zero-order valence-corrected chi connectivity index (χ0v) is 26.7. The predicted octanol–water partition coefficient (Wildman–Crippen LogP) is -2.32. The van der Waals surface area contributed by atoms with E-state index < -0.39 is 103 Å². The highest BCUT2D eigenvalue weighted by Gasteiger charge is 2.47. The Bertz CT molecular complexity index is 1720. The number of phenolic OH excluding ortho intramolecular Hbond substituents is 2. The second-order valence-corrected chi connectivity index (χ2v) is 11.7. The van der Waals surface area contributed by atoms with Gasteiger partial charge in [0.05, 0.1) is 32.1 Å². The van der Waals surface area contributed by atoms with Crippen molar-refractivity contribution >= 4 is 11.9 Å². The molecule has 0 bridgehead atoms. The van der Waals surface area contributed by atoms with Crippen molar-refractivity contribution in [1.29, 1.82) is 0 Å². The first kappa shape index (κ1) is 37.7. The lowest BCUT2D eigenvalue weighted by Gasteiger charge is -2.40. The van der Waals surface area contributed by atoms with Crippen molar-refractivity contribution in [3.63, 3.8) is 0 Å². The molecule has 0 saturated carbocycles. The van der Waals surface area contributed by atoms with E-state index in [2.05, 4.69) is 4.74 Å². The zero-order chi connectivity index (χ0) is 37.1. The number of fused-ring (bicyclic) bond motifs is 1. The van der Waals surface area contributed by atoms with Crippen LogP contribution in [-0.4, -0.2) is 140 Å². The molecule has 51 heavy (non-hydrogen) atoms. The number of aliphatic hydroxyl groups excluding tert-OH is 7. The summed E-state index contributed by atoms with van der Waals surface area (Å²) in [6.07, 6.45) is -18.0. The number of ether oxygens (including phenoxy) is 6. The summed E-state index contributed by atoms with van der Waals surface area (Å²) < 4.78 is 38.3. The summed E-state index contributed by atoms with van der Waals surface area (Å²) in [6.45, 7) is -1.41. The Morgan fingerprint density at radius 3 is 1.96 bits per heavy atom. The van der Waals surface area contributed by atoms with Crippen LogP contribution in [0.2, 0.25) is 0 Å². The van der Waals surface area contributed by atoms with Crippen LogP contribution in [0.3, 0.4) is 0 Å². The molecular formula is C32H36O19. The number of aromatic hydroxyl groups is 2. The van der Waals surface area contributed by atoms with Gasteiger partial charge in [0.1, 0.15) is 66.9 Å². The Hall–Kier alpha value is -4.57. The number of phenols is 2. The summed E-state index contributed by atoms with van der Waals surface area (Å²) in [6, 6.07) is 6.71. The van der Waals surface area contributed by atoms with E-state index in [0.717, 1.165) is 31.4 Å². The standard InChI is InChI=1S/C32H36O19/c1-45-22(37)4-5-23(38)46-11-21-25(40)27(42)29(44)32(51-21)49-19-9-14-17(47-30(19)12-2-3-15(35)16(36)6-12)7-13(34)8-18(14)48-31-28(43)26(41)24(39)20(10-33)50-31/h2-3,6-9,20-21,24-29,31-33,35-36,39-44H,4-5,10-11H2,1H3/t20-,21-,24-,25-,26+,27+,28-,29-,31-,32-/m1/s1. The molecule has 0 amide bonds. The second kappa shape index (κ2) is 15.8. The lowest BCUT2D eigenvalue weighted by Crippen LogP contribution is -2.60. The van der Waals surface area contributed by atoms with Gasteiger partial charge in [0.15, 0.2) is 28.4 Å². The number of benzene rings is 2. The Kier molecular flexibility index (Phi) is 11.6. The molecular weight excluding hydrogens is 688 g/mol. The van der Waals surface area contributed by atoms with Gasteiger partial charge < -0.3 is 78.8 Å². The summed E-state index contributed by atoms with van der Waals surface area (Å²) in [4.78, 5) is 36.2. The van der Waals surface area contributed by atoms with Crippen LogP contribution >= 0.6 is 0 Å². The minimum absolute atomic E-state index is 0.0460. The summed E-state index contributed by atoms with van der Waals surface area (Å²) in [5.41, 5.74) is -0.668. The van der Waals surface area contributed by atoms with Crippen molar-refractivity contribution in [2.75, 3.05) is 20.3 Å². The lowest BCUT2D eigenvalue weighted by molar-refractivity contribution is -0.278. The number of carbonyl (C=O) groups excluding carboxylic acids is 2. The monoisotopic (exact) mass is 724 g/mol. The van der Waals surface area contributed by atoms with Gasteiger partial charge in [-0.15, -0.1) is 0 Å². The molecule has 1 aromatic carbocycles. The first-order valence-corrected chi connectivity index (χ1v) is 15.4. The van der Waals surface area contributed by atoms with Crippen LogP contribution in [-0.2, 0) is 28.5 Å². The van der Waals surface area contributed by atoms with Crippen molar-refractivity contribution in [2.45, 2.75) is 74.3 Å². The first-order chi connectivity index (χ1) is 24.2. The third-order valence-electron chi connectivity index (χ3n) is 8.20. The van der Waals surface area contributed by atoms with Crippen molar-refractivity contribution in [2.24, 2.45) is 0 Å².